The van der Waals surface area contributed by atoms with Crippen molar-refractivity contribution < 1.29 is 0 Å². The van der Waals surface area contributed by atoms with Crippen molar-refractivity contribution in [2.75, 3.05) is 0 Å². The Morgan fingerprint density at radius 1 is 0.406 bits per heavy atom. The fraction of sp³-hybridized carbons (Fsp3) is 0. The van der Waals surface area contributed by atoms with E-state index in [0.717, 1.165) is 32.9 Å². The predicted octanol–water partition coefficient (Wildman–Crippen LogP) is 7.78. The largest absolute Gasteiger partial charge is 0.254 e. The van der Waals surface area contributed by atoms with Crippen LogP contribution in [0.3, 0.4) is 0 Å². The lowest BCUT2D eigenvalue weighted by molar-refractivity contribution is 1.28. The molecule has 0 fully saturated rings. The lowest BCUT2D eigenvalue weighted by atomic mass is 9.98. The molecule has 2 heteroatoms. The van der Waals surface area contributed by atoms with Gasteiger partial charge < -0.3 is 0 Å². The third-order valence-corrected chi connectivity index (χ3v) is 5.96. The minimum atomic E-state index is 0.884. The van der Waals surface area contributed by atoms with Gasteiger partial charge in [-0.1, -0.05) is 97.1 Å². The first-order chi connectivity index (χ1) is 15.9. The summed E-state index contributed by atoms with van der Waals surface area (Å²) in [5.74, 6) is 0. The summed E-state index contributed by atoms with van der Waals surface area (Å²) in [4.78, 5) is 9.58. The van der Waals surface area contributed by atoms with Gasteiger partial charge in [0, 0.05) is 23.2 Å². The number of rotatable bonds is 3. The zero-order valence-electron chi connectivity index (χ0n) is 17.4. The van der Waals surface area contributed by atoms with Crippen LogP contribution in [0.25, 0.3) is 55.2 Å². The van der Waals surface area contributed by atoms with Crippen LogP contribution in [0.4, 0.5) is 0 Å². The van der Waals surface area contributed by atoms with Gasteiger partial charge in [-0.3, -0.25) is 9.97 Å². The Balaban J connectivity index is 1.46. The lowest BCUT2D eigenvalue weighted by Crippen LogP contribution is -1.90. The quantitative estimate of drug-likeness (QED) is 0.299. The average Bonchev–Trinajstić information content (AvgIpc) is 2.88. The van der Waals surface area contributed by atoms with E-state index in [4.69, 9.17) is 9.97 Å². The molecule has 0 aliphatic carbocycles. The fourth-order valence-corrected chi connectivity index (χ4v) is 4.36. The Kier molecular flexibility index (Phi) is 4.47. The molecule has 0 atom stereocenters. The summed E-state index contributed by atoms with van der Waals surface area (Å²) >= 11 is 0. The third-order valence-electron chi connectivity index (χ3n) is 5.96. The van der Waals surface area contributed by atoms with Crippen LogP contribution in [0.15, 0.2) is 122 Å². The summed E-state index contributed by atoms with van der Waals surface area (Å²) in [5, 5.41) is 4.62. The molecule has 2 heterocycles. The number of benzene rings is 4. The highest BCUT2D eigenvalue weighted by molar-refractivity contribution is 5.99. The predicted molar refractivity (Wildman–Crippen MR) is 133 cm³/mol. The van der Waals surface area contributed by atoms with E-state index in [2.05, 4.69) is 97.1 Å². The normalized spacial score (nSPS) is 11.1. The van der Waals surface area contributed by atoms with Crippen molar-refractivity contribution in [3.63, 3.8) is 0 Å². The standard InChI is InChI=1S/C30H20N2/c1-3-9-21(10-4-1)25-15-7-13-23-17-29(31-19-27(23)25)30-18-24-14-8-16-26(28(24)20-32-30)22-11-5-2-6-12-22/h1-20H. The number of fused-ring (bicyclic) bond motifs is 2. The summed E-state index contributed by atoms with van der Waals surface area (Å²) < 4.78 is 0. The topological polar surface area (TPSA) is 25.8 Å². The highest BCUT2D eigenvalue weighted by Crippen LogP contribution is 2.32. The Morgan fingerprint density at radius 3 is 1.28 bits per heavy atom. The number of aromatic nitrogens is 2. The molecule has 2 aromatic heterocycles. The Bertz CT molecular complexity index is 1430. The van der Waals surface area contributed by atoms with Gasteiger partial charge in [-0.05, 0) is 45.2 Å². The van der Waals surface area contributed by atoms with E-state index in [1.807, 2.05) is 24.5 Å². The van der Waals surface area contributed by atoms with Crippen LogP contribution in [0.5, 0.6) is 0 Å². The molecule has 6 rings (SSSR count). The van der Waals surface area contributed by atoms with E-state index in [-0.39, 0.29) is 0 Å². The van der Waals surface area contributed by atoms with E-state index in [1.165, 1.54) is 22.3 Å². The molecule has 0 saturated heterocycles. The number of nitrogens with zero attached hydrogens (tertiary/aromatic N) is 2. The molecule has 0 bridgehead atoms. The summed E-state index contributed by atoms with van der Waals surface area (Å²) in [6.45, 7) is 0. The molecule has 0 aliphatic rings. The molecule has 0 amide bonds. The Morgan fingerprint density at radius 2 is 0.844 bits per heavy atom. The molecule has 150 valence electrons. The first-order valence-corrected chi connectivity index (χ1v) is 10.8. The SMILES string of the molecule is c1ccc(-c2cccc3cc(-c4cc5cccc(-c6ccccc6)c5cn4)ncc23)cc1. The Hall–Kier alpha value is -4.30. The molecule has 0 spiro atoms. The van der Waals surface area contributed by atoms with Crippen molar-refractivity contribution in [3.8, 4) is 33.6 Å². The molecule has 0 unspecified atom stereocenters. The molecular formula is C30H20N2. The summed E-state index contributed by atoms with van der Waals surface area (Å²) in [6.07, 6.45) is 3.94. The van der Waals surface area contributed by atoms with Crippen LogP contribution < -0.4 is 0 Å². The number of hydrogen-bond acceptors (Lipinski definition) is 2. The van der Waals surface area contributed by atoms with Gasteiger partial charge in [0.15, 0.2) is 0 Å². The van der Waals surface area contributed by atoms with Gasteiger partial charge in [0.2, 0.25) is 0 Å². The van der Waals surface area contributed by atoms with Crippen molar-refractivity contribution in [3.05, 3.63) is 122 Å². The minimum absolute atomic E-state index is 0.884. The van der Waals surface area contributed by atoms with Gasteiger partial charge in [0.25, 0.3) is 0 Å². The van der Waals surface area contributed by atoms with E-state index < -0.39 is 0 Å². The maximum absolute atomic E-state index is 4.79. The smallest absolute Gasteiger partial charge is 0.0892 e. The van der Waals surface area contributed by atoms with Gasteiger partial charge in [0.05, 0.1) is 11.4 Å². The molecule has 2 nitrogen and oxygen atoms in total. The molecule has 4 aromatic carbocycles. The van der Waals surface area contributed by atoms with E-state index in [1.54, 1.807) is 0 Å². The molecule has 0 saturated carbocycles. The van der Waals surface area contributed by atoms with Crippen LogP contribution in [0, 0.1) is 0 Å². The van der Waals surface area contributed by atoms with Crippen molar-refractivity contribution >= 4 is 21.5 Å². The third kappa shape index (κ3) is 3.23. The van der Waals surface area contributed by atoms with Crippen LogP contribution in [0.2, 0.25) is 0 Å². The maximum Gasteiger partial charge on any atom is 0.0892 e. The zero-order valence-corrected chi connectivity index (χ0v) is 17.4. The number of hydrogen-bond donors (Lipinski definition) is 0. The van der Waals surface area contributed by atoms with Crippen molar-refractivity contribution in [1.29, 1.82) is 0 Å². The second-order valence-corrected chi connectivity index (χ2v) is 7.92. The summed E-state index contributed by atoms with van der Waals surface area (Å²) in [6, 6.07) is 38.0. The van der Waals surface area contributed by atoms with Gasteiger partial charge in [-0.15, -0.1) is 0 Å². The monoisotopic (exact) mass is 408 g/mol. The molecule has 0 N–H and O–H groups in total. The van der Waals surface area contributed by atoms with Gasteiger partial charge in [0.1, 0.15) is 0 Å². The first kappa shape index (κ1) is 18.5. The fourth-order valence-electron chi connectivity index (χ4n) is 4.36. The van der Waals surface area contributed by atoms with E-state index >= 15 is 0 Å². The van der Waals surface area contributed by atoms with Crippen molar-refractivity contribution in [2.24, 2.45) is 0 Å². The average molecular weight is 409 g/mol. The van der Waals surface area contributed by atoms with Crippen molar-refractivity contribution in [2.45, 2.75) is 0 Å². The van der Waals surface area contributed by atoms with Crippen LogP contribution in [-0.2, 0) is 0 Å². The molecule has 6 aromatic rings. The van der Waals surface area contributed by atoms with Gasteiger partial charge in [-0.2, -0.15) is 0 Å². The lowest BCUT2D eigenvalue weighted by Gasteiger charge is -2.10. The first-order valence-electron chi connectivity index (χ1n) is 10.8. The summed E-state index contributed by atoms with van der Waals surface area (Å²) in [7, 11) is 0. The van der Waals surface area contributed by atoms with Gasteiger partial charge in [-0.25, -0.2) is 0 Å². The molecular weight excluding hydrogens is 388 g/mol. The van der Waals surface area contributed by atoms with E-state index in [0.29, 0.717) is 0 Å². The van der Waals surface area contributed by atoms with E-state index in [9.17, 15) is 0 Å². The highest BCUT2D eigenvalue weighted by atomic mass is 14.8. The van der Waals surface area contributed by atoms with Gasteiger partial charge >= 0.3 is 0 Å². The minimum Gasteiger partial charge on any atom is -0.254 e. The second-order valence-electron chi connectivity index (χ2n) is 7.92. The van der Waals surface area contributed by atoms with Crippen LogP contribution in [-0.4, -0.2) is 9.97 Å². The van der Waals surface area contributed by atoms with Crippen LogP contribution in [0.1, 0.15) is 0 Å². The number of pyridine rings is 2. The van der Waals surface area contributed by atoms with Crippen molar-refractivity contribution in [1.82, 2.24) is 9.97 Å². The molecule has 0 radical (unpaired) electrons. The Labute approximate surface area is 186 Å². The summed E-state index contributed by atoms with van der Waals surface area (Å²) in [5.41, 5.74) is 6.56. The second kappa shape index (κ2) is 7.75. The maximum atomic E-state index is 4.79. The molecule has 32 heavy (non-hydrogen) atoms. The molecule has 0 aliphatic heterocycles. The zero-order chi connectivity index (χ0) is 21.3. The van der Waals surface area contributed by atoms with Crippen LogP contribution >= 0.6 is 0 Å². The highest BCUT2D eigenvalue weighted by Gasteiger charge is 2.10.